The summed E-state index contributed by atoms with van der Waals surface area (Å²) in [5.41, 5.74) is 9.96. The molecule has 0 aromatic heterocycles. The van der Waals surface area contributed by atoms with Crippen LogP contribution in [0.4, 0.5) is 0 Å². The van der Waals surface area contributed by atoms with Crippen molar-refractivity contribution in [3.63, 3.8) is 0 Å². The lowest BCUT2D eigenvalue weighted by molar-refractivity contribution is 1.58. The van der Waals surface area contributed by atoms with Gasteiger partial charge in [0.2, 0.25) is 0 Å². The van der Waals surface area contributed by atoms with Gasteiger partial charge >= 0.3 is 0 Å². The molecule has 178 valence electrons. The van der Waals surface area contributed by atoms with Crippen molar-refractivity contribution in [2.45, 2.75) is 0 Å². The molecule has 0 fully saturated rings. The number of fused-ring (bicyclic) bond motifs is 2. The van der Waals surface area contributed by atoms with Crippen LogP contribution in [0.1, 0.15) is 0 Å². The Hall–Kier alpha value is -4.94. The van der Waals surface area contributed by atoms with E-state index < -0.39 is 0 Å². The summed E-state index contributed by atoms with van der Waals surface area (Å²) in [4.78, 5) is 0. The molecule has 0 aliphatic heterocycles. The first kappa shape index (κ1) is 22.3. The Kier molecular flexibility index (Phi) is 5.57. The molecular formula is C38H26. The first-order valence-corrected chi connectivity index (χ1v) is 13.1. The summed E-state index contributed by atoms with van der Waals surface area (Å²) in [6.45, 7) is 0. The first-order valence-electron chi connectivity index (χ1n) is 13.1. The summed E-state index contributed by atoms with van der Waals surface area (Å²) in [6.07, 6.45) is 0. The number of hydrogen-bond acceptors (Lipinski definition) is 0. The van der Waals surface area contributed by atoms with E-state index in [-0.39, 0.29) is 0 Å². The van der Waals surface area contributed by atoms with Crippen molar-refractivity contribution >= 4 is 21.5 Å². The van der Waals surface area contributed by atoms with Gasteiger partial charge in [-0.2, -0.15) is 0 Å². The number of hydrogen-bond donors (Lipinski definition) is 0. The average Bonchev–Trinajstić information content (AvgIpc) is 3.00. The predicted octanol–water partition coefficient (Wildman–Crippen LogP) is 10.7. The smallest absolute Gasteiger partial charge is 0.00266 e. The van der Waals surface area contributed by atoms with E-state index >= 15 is 0 Å². The van der Waals surface area contributed by atoms with Gasteiger partial charge in [-0.15, -0.1) is 0 Å². The molecule has 0 aliphatic carbocycles. The molecule has 0 bridgehead atoms. The zero-order valence-electron chi connectivity index (χ0n) is 21.0. The van der Waals surface area contributed by atoms with Gasteiger partial charge in [0.25, 0.3) is 0 Å². The summed E-state index contributed by atoms with van der Waals surface area (Å²) in [6, 6.07) is 57.0. The van der Waals surface area contributed by atoms with Crippen LogP contribution in [0.3, 0.4) is 0 Å². The third-order valence-corrected chi connectivity index (χ3v) is 7.44. The Labute approximate surface area is 223 Å². The molecule has 0 atom stereocenters. The van der Waals surface area contributed by atoms with Gasteiger partial charge in [-0.1, -0.05) is 140 Å². The van der Waals surface area contributed by atoms with Crippen molar-refractivity contribution in [3.05, 3.63) is 158 Å². The molecule has 0 spiro atoms. The lowest BCUT2D eigenvalue weighted by Gasteiger charge is -2.15. The van der Waals surface area contributed by atoms with Gasteiger partial charge in [0.1, 0.15) is 0 Å². The van der Waals surface area contributed by atoms with Gasteiger partial charge in [0.05, 0.1) is 0 Å². The maximum Gasteiger partial charge on any atom is -0.00266 e. The lowest BCUT2D eigenvalue weighted by Crippen LogP contribution is -1.89. The Morgan fingerprint density at radius 1 is 0.263 bits per heavy atom. The first-order chi connectivity index (χ1) is 18.8. The molecule has 0 amide bonds. The van der Waals surface area contributed by atoms with Gasteiger partial charge < -0.3 is 0 Å². The fraction of sp³-hybridized carbons (Fsp3) is 0. The van der Waals surface area contributed by atoms with E-state index in [2.05, 4.69) is 158 Å². The van der Waals surface area contributed by atoms with Crippen LogP contribution < -0.4 is 0 Å². The van der Waals surface area contributed by atoms with Crippen molar-refractivity contribution in [3.8, 4) is 44.5 Å². The van der Waals surface area contributed by atoms with E-state index in [4.69, 9.17) is 0 Å². The average molecular weight is 483 g/mol. The van der Waals surface area contributed by atoms with Gasteiger partial charge in [-0.25, -0.2) is 0 Å². The molecule has 0 unspecified atom stereocenters. The second-order valence-electron chi connectivity index (χ2n) is 9.77. The molecule has 0 radical (unpaired) electrons. The Bertz CT molecular complexity index is 1900. The highest BCUT2D eigenvalue weighted by Crippen LogP contribution is 2.40. The Morgan fingerprint density at radius 3 is 1.63 bits per heavy atom. The van der Waals surface area contributed by atoms with Gasteiger partial charge in [-0.05, 0) is 84.3 Å². The summed E-state index contributed by atoms with van der Waals surface area (Å²) in [5, 5.41) is 5.07. The fourth-order valence-electron chi connectivity index (χ4n) is 5.64. The predicted molar refractivity (Wildman–Crippen MR) is 163 cm³/mol. The van der Waals surface area contributed by atoms with E-state index in [1.807, 2.05) is 0 Å². The molecule has 0 nitrogen and oxygen atoms in total. The third kappa shape index (κ3) is 3.97. The van der Waals surface area contributed by atoms with Crippen LogP contribution in [0.15, 0.2) is 158 Å². The quantitative estimate of drug-likeness (QED) is 0.219. The number of benzene rings is 7. The van der Waals surface area contributed by atoms with Crippen molar-refractivity contribution < 1.29 is 0 Å². The van der Waals surface area contributed by atoms with Crippen LogP contribution in [0.5, 0.6) is 0 Å². The van der Waals surface area contributed by atoms with Gasteiger partial charge in [0.15, 0.2) is 0 Å². The Morgan fingerprint density at radius 2 is 0.842 bits per heavy atom. The normalized spacial score (nSPS) is 11.2. The third-order valence-electron chi connectivity index (χ3n) is 7.44. The Balaban J connectivity index is 1.44. The number of rotatable bonds is 4. The SMILES string of the molecule is c1ccc(-c2ccc3c(-c4cccc(-c5ccccc5-c5ccccc5)c4)c4ccccc4cc3c2)cc1. The van der Waals surface area contributed by atoms with Crippen LogP contribution in [0, 0.1) is 0 Å². The summed E-state index contributed by atoms with van der Waals surface area (Å²) >= 11 is 0. The monoisotopic (exact) mass is 482 g/mol. The molecule has 0 heterocycles. The highest BCUT2D eigenvalue weighted by Gasteiger charge is 2.13. The highest BCUT2D eigenvalue weighted by molar-refractivity contribution is 6.13. The second kappa shape index (κ2) is 9.50. The summed E-state index contributed by atoms with van der Waals surface area (Å²) < 4.78 is 0. The molecule has 0 saturated heterocycles. The minimum atomic E-state index is 1.23. The van der Waals surface area contributed by atoms with E-state index in [9.17, 15) is 0 Å². The van der Waals surface area contributed by atoms with Crippen molar-refractivity contribution in [2.75, 3.05) is 0 Å². The van der Waals surface area contributed by atoms with Crippen molar-refractivity contribution in [1.29, 1.82) is 0 Å². The second-order valence-corrected chi connectivity index (χ2v) is 9.77. The van der Waals surface area contributed by atoms with E-state index in [1.165, 1.54) is 66.1 Å². The van der Waals surface area contributed by atoms with E-state index in [0.29, 0.717) is 0 Å². The molecule has 7 aromatic carbocycles. The van der Waals surface area contributed by atoms with E-state index in [0.717, 1.165) is 0 Å². The molecule has 0 saturated carbocycles. The molecule has 0 N–H and O–H groups in total. The topological polar surface area (TPSA) is 0 Å². The summed E-state index contributed by atoms with van der Waals surface area (Å²) in [7, 11) is 0. The lowest BCUT2D eigenvalue weighted by atomic mass is 9.88. The molecule has 0 aliphatic rings. The van der Waals surface area contributed by atoms with E-state index in [1.54, 1.807) is 0 Å². The highest BCUT2D eigenvalue weighted by atomic mass is 14.2. The zero-order valence-corrected chi connectivity index (χ0v) is 21.0. The molecule has 38 heavy (non-hydrogen) atoms. The fourth-order valence-corrected chi connectivity index (χ4v) is 5.64. The zero-order chi connectivity index (χ0) is 25.3. The van der Waals surface area contributed by atoms with Crippen LogP contribution >= 0.6 is 0 Å². The van der Waals surface area contributed by atoms with Crippen LogP contribution in [0.25, 0.3) is 66.1 Å². The van der Waals surface area contributed by atoms with Crippen LogP contribution in [-0.2, 0) is 0 Å². The summed E-state index contributed by atoms with van der Waals surface area (Å²) in [5.74, 6) is 0. The minimum Gasteiger partial charge on any atom is -0.0622 e. The molecule has 0 heteroatoms. The van der Waals surface area contributed by atoms with Gasteiger partial charge in [0, 0.05) is 0 Å². The molecular weight excluding hydrogens is 456 g/mol. The van der Waals surface area contributed by atoms with Crippen LogP contribution in [-0.4, -0.2) is 0 Å². The largest absolute Gasteiger partial charge is 0.0622 e. The standard InChI is InChI=1S/C38H26/c1-3-12-27(13-4-1)29-22-23-37-33(24-29)26-31-16-7-8-21-36(31)38(37)32-18-11-17-30(25-32)35-20-10-9-19-34(35)28-14-5-2-6-15-28/h1-26H. The van der Waals surface area contributed by atoms with Crippen molar-refractivity contribution in [2.24, 2.45) is 0 Å². The molecule has 7 aromatic rings. The minimum absolute atomic E-state index is 1.23. The maximum atomic E-state index is 2.36. The van der Waals surface area contributed by atoms with Crippen molar-refractivity contribution in [1.82, 2.24) is 0 Å². The maximum absolute atomic E-state index is 2.36. The van der Waals surface area contributed by atoms with Gasteiger partial charge in [-0.3, -0.25) is 0 Å². The molecule has 7 rings (SSSR count). The van der Waals surface area contributed by atoms with Crippen LogP contribution in [0.2, 0.25) is 0 Å².